The van der Waals surface area contributed by atoms with E-state index in [1.807, 2.05) is 0 Å². The van der Waals surface area contributed by atoms with Crippen molar-refractivity contribution in [2.75, 3.05) is 16.8 Å². The van der Waals surface area contributed by atoms with Crippen LogP contribution in [0.4, 0.5) is 11.4 Å². The second kappa shape index (κ2) is 8.51. The van der Waals surface area contributed by atoms with E-state index < -0.39 is 30.2 Å². The number of halogens is 1. The number of para-hydroxylation sites is 1. The number of hydrogen-bond acceptors (Lipinski definition) is 5. The van der Waals surface area contributed by atoms with E-state index in [0.29, 0.717) is 27.5 Å². The quantitative estimate of drug-likeness (QED) is 0.676. The highest BCUT2D eigenvalue weighted by Crippen LogP contribution is 2.45. The first-order valence-electron chi connectivity index (χ1n) is 10.7. The molecular weight excluding hydrogens is 446 g/mol. The van der Waals surface area contributed by atoms with Crippen molar-refractivity contribution >= 4 is 46.7 Å². The van der Waals surface area contributed by atoms with Gasteiger partial charge in [0.15, 0.2) is 6.61 Å². The van der Waals surface area contributed by atoms with Crippen LogP contribution in [-0.2, 0) is 19.1 Å². The molecule has 0 saturated carbocycles. The summed E-state index contributed by atoms with van der Waals surface area (Å²) in [5.74, 6) is -2.01. The van der Waals surface area contributed by atoms with Gasteiger partial charge in [-0.25, -0.2) is 4.79 Å². The van der Waals surface area contributed by atoms with Crippen molar-refractivity contribution in [2.45, 2.75) is 45.3 Å². The first-order chi connectivity index (χ1) is 15.7. The van der Waals surface area contributed by atoms with E-state index >= 15 is 0 Å². The van der Waals surface area contributed by atoms with E-state index in [1.165, 1.54) is 9.80 Å². The summed E-state index contributed by atoms with van der Waals surface area (Å²) in [5.41, 5.74) is 0.274. The molecule has 1 unspecified atom stereocenters. The number of nitrogens with zero attached hydrogens (tertiary/aromatic N) is 2. The van der Waals surface area contributed by atoms with Gasteiger partial charge in [-0.15, -0.1) is 0 Å². The third-order valence-corrected chi connectivity index (χ3v) is 6.43. The van der Waals surface area contributed by atoms with E-state index in [2.05, 4.69) is 5.32 Å². The molecule has 2 aliphatic rings. The number of nitrogens with one attached hydrogen (secondary N) is 1. The van der Waals surface area contributed by atoms with Crippen molar-refractivity contribution in [3.8, 4) is 0 Å². The average Bonchev–Trinajstić information content (AvgIpc) is 3.13. The van der Waals surface area contributed by atoms with Crippen LogP contribution in [0, 0.1) is 6.92 Å². The third kappa shape index (κ3) is 3.64. The summed E-state index contributed by atoms with van der Waals surface area (Å²) in [7, 11) is 0. The van der Waals surface area contributed by atoms with E-state index in [4.69, 9.17) is 16.3 Å². The maximum atomic E-state index is 13.5. The fourth-order valence-electron chi connectivity index (χ4n) is 4.55. The molecule has 0 radical (unpaired) electrons. The molecule has 172 valence electrons. The molecule has 1 atom stereocenters. The molecule has 1 N–H and O–H groups in total. The van der Waals surface area contributed by atoms with Gasteiger partial charge in [0.05, 0.1) is 11.3 Å². The number of hydrogen-bond donors (Lipinski definition) is 1. The molecule has 0 aromatic heterocycles. The Morgan fingerprint density at radius 3 is 2.61 bits per heavy atom. The normalized spacial score (nSPS) is 19.4. The molecule has 2 aromatic carbocycles. The van der Waals surface area contributed by atoms with E-state index in [-0.39, 0.29) is 24.7 Å². The minimum Gasteiger partial charge on any atom is -0.452 e. The van der Waals surface area contributed by atoms with Crippen molar-refractivity contribution in [2.24, 2.45) is 0 Å². The van der Waals surface area contributed by atoms with E-state index in [0.717, 1.165) is 0 Å². The highest BCUT2D eigenvalue weighted by Gasteiger charge is 2.62. The Balaban J connectivity index is 1.62. The number of fused-ring (bicyclic) bond motifs is 3. The molecule has 8 nitrogen and oxygen atoms in total. The Bertz CT molecular complexity index is 1160. The van der Waals surface area contributed by atoms with Crippen molar-refractivity contribution < 1.29 is 23.9 Å². The number of carbonyl (C=O) groups is 4. The molecule has 0 aliphatic carbocycles. The predicted molar refractivity (Wildman–Crippen MR) is 123 cm³/mol. The molecule has 33 heavy (non-hydrogen) atoms. The van der Waals surface area contributed by atoms with Gasteiger partial charge in [0.1, 0.15) is 0 Å². The Hall–Kier alpha value is -3.39. The van der Waals surface area contributed by atoms with Gasteiger partial charge in [0.25, 0.3) is 11.8 Å². The first kappa shape index (κ1) is 22.8. The van der Waals surface area contributed by atoms with Gasteiger partial charge in [-0.2, -0.15) is 0 Å². The highest BCUT2D eigenvalue weighted by molar-refractivity contribution is 6.31. The Morgan fingerprint density at radius 2 is 1.88 bits per heavy atom. The number of anilines is 2. The summed E-state index contributed by atoms with van der Waals surface area (Å²) in [4.78, 5) is 55.0. The van der Waals surface area contributed by atoms with Gasteiger partial charge >= 0.3 is 5.97 Å². The standard InChI is InChI=1S/C24H24ClN3O5/c1-14(2)27-22(31)16-7-4-5-10-19(16)28-21(30)11-12-24(27,28)23(32)33-13-20(29)26-18-9-6-8-17(25)15(18)3/h4-10,14H,11-13H2,1-3H3,(H,26,29). The fraction of sp³-hybridized carbons (Fsp3) is 0.333. The highest BCUT2D eigenvalue weighted by atomic mass is 35.5. The van der Waals surface area contributed by atoms with Crippen LogP contribution in [0.5, 0.6) is 0 Å². The zero-order chi connectivity index (χ0) is 23.9. The minimum absolute atomic E-state index is 0.0772. The number of carbonyl (C=O) groups excluding carboxylic acids is 4. The maximum absolute atomic E-state index is 13.5. The lowest BCUT2D eigenvalue weighted by atomic mass is 9.95. The number of rotatable bonds is 5. The maximum Gasteiger partial charge on any atom is 0.354 e. The van der Waals surface area contributed by atoms with Crippen molar-refractivity contribution in [3.63, 3.8) is 0 Å². The lowest BCUT2D eigenvalue weighted by Gasteiger charge is -2.50. The largest absolute Gasteiger partial charge is 0.452 e. The SMILES string of the molecule is Cc1c(Cl)cccc1NC(=O)COC(=O)C12CCC(=O)N1c1ccccc1C(=O)N2C(C)C. The van der Waals surface area contributed by atoms with Crippen LogP contribution in [0.1, 0.15) is 42.6 Å². The average molecular weight is 470 g/mol. The van der Waals surface area contributed by atoms with Crippen LogP contribution in [0.15, 0.2) is 42.5 Å². The zero-order valence-electron chi connectivity index (χ0n) is 18.6. The summed E-state index contributed by atoms with van der Waals surface area (Å²) in [5, 5.41) is 3.17. The molecule has 0 spiro atoms. The summed E-state index contributed by atoms with van der Waals surface area (Å²) in [6.07, 6.45) is 0.159. The summed E-state index contributed by atoms with van der Waals surface area (Å²) in [6, 6.07) is 11.4. The van der Waals surface area contributed by atoms with Gasteiger partial charge in [0.2, 0.25) is 11.6 Å². The van der Waals surface area contributed by atoms with Crippen LogP contribution in [0.3, 0.4) is 0 Å². The molecule has 2 heterocycles. The third-order valence-electron chi connectivity index (χ3n) is 6.02. The molecule has 0 bridgehead atoms. The summed E-state index contributed by atoms with van der Waals surface area (Å²) in [6.45, 7) is 4.74. The van der Waals surface area contributed by atoms with Crippen LogP contribution in [0.2, 0.25) is 5.02 Å². The number of esters is 1. The molecule has 2 aromatic rings. The van der Waals surface area contributed by atoms with Crippen LogP contribution in [-0.4, -0.2) is 46.9 Å². The molecule has 9 heteroatoms. The van der Waals surface area contributed by atoms with Crippen molar-refractivity contribution in [3.05, 3.63) is 58.6 Å². The van der Waals surface area contributed by atoms with Gasteiger partial charge in [-0.05, 0) is 50.6 Å². The van der Waals surface area contributed by atoms with Crippen molar-refractivity contribution in [1.82, 2.24) is 4.90 Å². The van der Waals surface area contributed by atoms with Gasteiger partial charge < -0.3 is 15.0 Å². The zero-order valence-corrected chi connectivity index (χ0v) is 19.3. The Morgan fingerprint density at radius 1 is 1.15 bits per heavy atom. The van der Waals surface area contributed by atoms with Crippen molar-refractivity contribution in [1.29, 1.82) is 0 Å². The molecule has 4 rings (SSSR count). The van der Waals surface area contributed by atoms with Gasteiger partial charge in [-0.3, -0.25) is 19.3 Å². The molecule has 2 aliphatic heterocycles. The Kier molecular flexibility index (Phi) is 5.88. The Labute approximate surface area is 196 Å². The minimum atomic E-state index is -1.64. The second-order valence-electron chi connectivity index (χ2n) is 8.37. The summed E-state index contributed by atoms with van der Waals surface area (Å²) >= 11 is 6.09. The topological polar surface area (TPSA) is 96.0 Å². The molecule has 1 saturated heterocycles. The van der Waals surface area contributed by atoms with Crippen LogP contribution >= 0.6 is 11.6 Å². The van der Waals surface area contributed by atoms with Gasteiger partial charge in [-0.1, -0.05) is 29.8 Å². The van der Waals surface area contributed by atoms with E-state index in [1.54, 1.807) is 63.2 Å². The molecular formula is C24H24ClN3O5. The van der Waals surface area contributed by atoms with E-state index in [9.17, 15) is 19.2 Å². The van der Waals surface area contributed by atoms with Crippen LogP contribution in [0.25, 0.3) is 0 Å². The number of benzene rings is 2. The fourth-order valence-corrected chi connectivity index (χ4v) is 4.72. The second-order valence-corrected chi connectivity index (χ2v) is 8.78. The number of amides is 3. The van der Waals surface area contributed by atoms with Gasteiger partial charge in [0, 0.05) is 29.6 Å². The predicted octanol–water partition coefficient (Wildman–Crippen LogP) is 3.52. The smallest absolute Gasteiger partial charge is 0.354 e. The first-order valence-corrected chi connectivity index (χ1v) is 11.0. The van der Waals surface area contributed by atoms with Crippen LogP contribution < -0.4 is 10.2 Å². The molecule has 3 amide bonds. The lowest BCUT2D eigenvalue weighted by Crippen LogP contribution is -2.70. The summed E-state index contributed by atoms with van der Waals surface area (Å²) < 4.78 is 5.41. The lowest BCUT2D eigenvalue weighted by molar-refractivity contribution is -0.160. The number of ether oxygens (including phenoxy) is 1. The monoisotopic (exact) mass is 469 g/mol. The molecule has 1 fully saturated rings.